The number of nitrogens with zero attached hydrogens (tertiary/aromatic N) is 4. The second kappa shape index (κ2) is 11.6. The number of nitrogens with two attached hydrogens (primary N) is 2. The Labute approximate surface area is 202 Å². The zero-order valence-electron chi connectivity index (χ0n) is 16.8. The van der Waals surface area contributed by atoms with Crippen molar-refractivity contribution >= 4 is 57.7 Å². The molecule has 1 aromatic carbocycles. The van der Waals surface area contributed by atoms with E-state index in [1.165, 1.54) is 6.26 Å². The standard InChI is InChI=1S/C19H21ClIN9O2/c20-15-17(27-9-11-1-3-12(21)4-2-11)29-16(22)14(28-15)18(31)30-19(23)26-6-5-24-10-13-25-7-8-32-13/h1-4,7-8,24H,5-6,9-10H2,(H3,22,27,29)(H3,23,26,30,31). The molecule has 0 aliphatic carbocycles. The highest BCUT2D eigenvalue weighted by Crippen LogP contribution is 2.22. The van der Waals surface area contributed by atoms with Crippen LogP contribution in [0.1, 0.15) is 21.9 Å². The van der Waals surface area contributed by atoms with E-state index in [1.807, 2.05) is 24.3 Å². The molecule has 0 fully saturated rings. The van der Waals surface area contributed by atoms with Gasteiger partial charge in [0.25, 0.3) is 0 Å². The van der Waals surface area contributed by atoms with Crippen molar-refractivity contribution in [2.45, 2.75) is 13.1 Å². The molecule has 1 amide bonds. The van der Waals surface area contributed by atoms with E-state index in [-0.39, 0.29) is 28.4 Å². The number of amides is 1. The highest BCUT2D eigenvalue weighted by molar-refractivity contribution is 14.1. The number of oxazole rings is 1. The third-order valence-corrected chi connectivity index (χ3v) is 5.03. The third-order valence-electron chi connectivity index (χ3n) is 4.05. The lowest BCUT2D eigenvalue weighted by atomic mass is 10.2. The summed E-state index contributed by atoms with van der Waals surface area (Å²) in [7, 11) is 0. The van der Waals surface area contributed by atoms with E-state index in [4.69, 9.17) is 27.5 Å². The van der Waals surface area contributed by atoms with Crippen LogP contribution < -0.4 is 27.4 Å². The molecule has 0 radical (unpaired) electrons. The van der Waals surface area contributed by atoms with Crippen LogP contribution in [0.15, 0.2) is 46.1 Å². The molecule has 0 unspecified atom stereocenters. The summed E-state index contributed by atoms with van der Waals surface area (Å²) >= 11 is 8.40. The van der Waals surface area contributed by atoms with Crippen molar-refractivity contribution in [2.75, 3.05) is 24.1 Å². The van der Waals surface area contributed by atoms with Gasteiger partial charge in [-0.3, -0.25) is 4.79 Å². The molecule has 2 aromatic heterocycles. The lowest BCUT2D eigenvalue weighted by Crippen LogP contribution is -2.37. The van der Waals surface area contributed by atoms with E-state index in [1.54, 1.807) is 6.20 Å². The Bertz CT molecular complexity index is 1080. The van der Waals surface area contributed by atoms with Crippen LogP contribution in [0.3, 0.4) is 0 Å². The first kappa shape index (κ1) is 23.7. The van der Waals surface area contributed by atoms with Gasteiger partial charge in [0.2, 0.25) is 5.89 Å². The minimum Gasteiger partial charge on any atom is -0.448 e. The average molecular weight is 570 g/mol. The first-order valence-corrected chi connectivity index (χ1v) is 10.9. The minimum atomic E-state index is -0.751. The highest BCUT2D eigenvalue weighted by atomic mass is 127. The minimum absolute atomic E-state index is 0.00512. The van der Waals surface area contributed by atoms with Crippen molar-refractivity contribution in [1.82, 2.24) is 25.6 Å². The maximum absolute atomic E-state index is 12.4. The van der Waals surface area contributed by atoms with Crippen LogP contribution in [0.25, 0.3) is 0 Å². The molecule has 11 nitrogen and oxygen atoms in total. The number of aliphatic imine (C=N–C) groups is 1. The zero-order chi connectivity index (χ0) is 22.9. The van der Waals surface area contributed by atoms with Crippen molar-refractivity contribution in [3.63, 3.8) is 0 Å². The maximum atomic E-state index is 12.4. The van der Waals surface area contributed by atoms with Gasteiger partial charge in [0.15, 0.2) is 28.4 Å². The smallest absolute Gasteiger partial charge is 0.302 e. The summed E-state index contributed by atoms with van der Waals surface area (Å²) in [4.78, 5) is 28.3. The summed E-state index contributed by atoms with van der Waals surface area (Å²) in [5.74, 6) is -0.0886. The van der Waals surface area contributed by atoms with Gasteiger partial charge in [-0.05, 0) is 40.3 Å². The zero-order valence-corrected chi connectivity index (χ0v) is 19.7. The molecule has 0 bridgehead atoms. The van der Waals surface area contributed by atoms with Gasteiger partial charge in [-0.2, -0.15) is 4.99 Å². The fourth-order valence-electron chi connectivity index (χ4n) is 2.50. The molecule has 168 valence electrons. The summed E-state index contributed by atoms with van der Waals surface area (Å²) in [5, 5.41) is 8.97. The molecule has 0 spiro atoms. The van der Waals surface area contributed by atoms with E-state index in [2.05, 4.69) is 58.5 Å². The van der Waals surface area contributed by atoms with E-state index < -0.39 is 5.91 Å². The summed E-state index contributed by atoms with van der Waals surface area (Å²) < 4.78 is 6.24. The van der Waals surface area contributed by atoms with Crippen LogP contribution in [0.2, 0.25) is 5.15 Å². The molecule has 3 aromatic rings. The van der Waals surface area contributed by atoms with E-state index in [0.717, 1.165) is 9.13 Å². The summed E-state index contributed by atoms with van der Waals surface area (Å²) in [5.41, 5.74) is 12.5. The van der Waals surface area contributed by atoms with Crippen molar-refractivity contribution in [2.24, 2.45) is 10.7 Å². The number of nitrogens with one attached hydrogen (secondary N) is 3. The van der Waals surface area contributed by atoms with E-state index in [0.29, 0.717) is 32.1 Å². The fraction of sp³-hybridized carbons (Fsp3) is 0.211. The molecular formula is C19H21ClIN9O2. The number of anilines is 2. The molecule has 2 heterocycles. The van der Waals surface area contributed by atoms with Crippen molar-refractivity contribution in [3.05, 3.63) is 62.6 Å². The monoisotopic (exact) mass is 569 g/mol. The number of hydrogen-bond donors (Lipinski definition) is 5. The molecule has 0 saturated carbocycles. The van der Waals surface area contributed by atoms with Crippen molar-refractivity contribution in [1.29, 1.82) is 0 Å². The Balaban J connectivity index is 1.52. The Hall–Kier alpha value is -2.97. The normalized spacial score (nSPS) is 11.4. The lowest BCUT2D eigenvalue weighted by molar-refractivity contribution is 0.0998. The van der Waals surface area contributed by atoms with Crippen LogP contribution in [0, 0.1) is 3.57 Å². The molecule has 7 N–H and O–H groups in total. The van der Waals surface area contributed by atoms with Gasteiger partial charge >= 0.3 is 5.91 Å². The van der Waals surface area contributed by atoms with Crippen LogP contribution >= 0.6 is 34.2 Å². The Morgan fingerprint density at radius 3 is 2.69 bits per heavy atom. The van der Waals surface area contributed by atoms with Gasteiger partial charge in [0.1, 0.15) is 6.26 Å². The van der Waals surface area contributed by atoms with E-state index in [9.17, 15) is 4.79 Å². The first-order chi connectivity index (χ1) is 15.4. The van der Waals surface area contributed by atoms with Gasteiger partial charge in [0, 0.05) is 23.2 Å². The number of carbonyl (C=O) groups is 1. The molecule has 0 aliphatic heterocycles. The number of halogens is 2. The maximum Gasteiger partial charge on any atom is 0.302 e. The Morgan fingerprint density at radius 2 is 1.97 bits per heavy atom. The first-order valence-electron chi connectivity index (χ1n) is 9.45. The number of aromatic nitrogens is 3. The lowest BCUT2D eigenvalue weighted by Gasteiger charge is -2.10. The largest absolute Gasteiger partial charge is 0.448 e. The topological polar surface area (TPSA) is 169 Å². The van der Waals surface area contributed by atoms with Gasteiger partial charge in [-0.25, -0.2) is 15.0 Å². The SMILES string of the molecule is N/C(=N\C(=O)c1nc(Cl)c(NCc2ccc(I)cc2)nc1N)NCCNCc1ncco1. The molecule has 32 heavy (non-hydrogen) atoms. The summed E-state index contributed by atoms with van der Waals surface area (Å²) in [6.45, 7) is 1.91. The molecular weight excluding hydrogens is 549 g/mol. The van der Waals surface area contributed by atoms with Gasteiger partial charge < -0.3 is 31.8 Å². The van der Waals surface area contributed by atoms with Crippen LogP contribution in [0.4, 0.5) is 11.6 Å². The average Bonchev–Trinajstić information content (AvgIpc) is 3.28. The van der Waals surface area contributed by atoms with Crippen LogP contribution in [0.5, 0.6) is 0 Å². The highest BCUT2D eigenvalue weighted by Gasteiger charge is 2.17. The summed E-state index contributed by atoms with van der Waals surface area (Å²) in [6, 6.07) is 7.93. The van der Waals surface area contributed by atoms with Crippen molar-refractivity contribution in [3.8, 4) is 0 Å². The summed E-state index contributed by atoms with van der Waals surface area (Å²) in [6.07, 6.45) is 3.07. The molecule has 0 atom stereocenters. The van der Waals surface area contributed by atoms with Crippen LogP contribution in [-0.4, -0.2) is 39.9 Å². The molecule has 0 aliphatic rings. The number of benzene rings is 1. The Kier molecular flexibility index (Phi) is 8.58. The molecule has 0 saturated heterocycles. The number of rotatable bonds is 9. The number of guanidine groups is 1. The predicted octanol–water partition coefficient (Wildman–Crippen LogP) is 1.75. The van der Waals surface area contributed by atoms with Gasteiger partial charge in [-0.15, -0.1) is 0 Å². The quantitative estimate of drug-likeness (QED) is 0.111. The predicted molar refractivity (Wildman–Crippen MR) is 130 cm³/mol. The van der Waals surface area contributed by atoms with Gasteiger partial charge in [0.05, 0.1) is 12.7 Å². The molecule has 3 rings (SSSR count). The number of hydrogen-bond acceptors (Lipinski definition) is 8. The number of carbonyl (C=O) groups excluding carboxylic acids is 1. The fourth-order valence-corrected chi connectivity index (χ4v) is 3.06. The molecule has 13 heteroatoms. The third kappa shape index (κ3) is 7.03. The second-order valence-corrected chi connectivity index (χ2v) is 8.01. The van der Waals surface area contributed by atoms with E-state index >= 15 is 0 Å². The van der Waals surface area contributed by atoms with Gasteiger partial charge in [-0.1, -0.05) is 23.7 Å². The Morgan fingerprint density at radius 1 is 1.19 bits per heavy atom. The van der Waals surface area contributed by atoms with Crippen LogP contribution in [-0.2, 0) is 13.1 Å². The van der Waals surface area contributed by atoms with Crippen molar-refractivity contribution < 1.29 is 9.21 Å². The number of nitrogen functional groups attached to an aromatic ring is 1. The second-order valence-electron chi connectivity index (χ2n) is 6.41.